The van der Waals surface area contributed by atoms with E-state index in [-0.39, 0.29) is 11.8 Å². The molecule has 2 aromatic rings. The first kappa shape index (κ1) is 20.0. The van der Waals surface area contributed by atoms with Crippen LogP contribution in [-0.2, 0) is 16.1 Å². The summed E-state index contributed by atoms with van der Waals surface area (Å²) in [5.74, 6) is 0.203. The molecule has 0 aliphatic carbocycles. The van der Waals surface area contributed by atoms with E-state index >= 15 is 0 Å². The fourth-order valence-electron chi connectivity index (χ4n) is 2.94. The minimum Gasteiger partial charge on any atom is -0.383 e. The highest BCUT2D eigenvalue weighted by molar-refractivity contribution is 6.00. The number of anilines is 1. The number of fused-ring (bicyclic) bond motifs is 1. The van der Waals surface area contributed by atoms with Crippen molar-refractivity contribution in [2.75, 3.05) is 25.6 Å². The topological polar surface area (TPSA) is 72.4 Å². The number of nitrogens with one attached hydrogen (secondary N) is 2. The molecule has 0 saturated heterocycles. The van der Waals surface area contributed by atoms with Gasteiger partial charge in [0.1, 0.15) is 5.69 Å². The Labute approximate surface area is 154 Å². The summed E-state index contributed by atoms with van der Waals surface area (Å²) in [5.41, 5.74) is 2.37. The maximum Gasteiger partial charge on any atom is 0.268 e. The third kappa shape index (κ3) is 5.08. The highest BCUT2D eigenvalue weighted by Gasteiger charge is 2.15. The molecule has 0 saturated carbocycles. The second-order valence-corrected chi connectivity index (χ2v) is 6.85. The first-order valence-corrected chi connectivity index (χ1v) is 9.16. The van der Waals surface area contributed by atoms with Crippen molar-refractivity contribution in [3.05, 3.63) is 30.0 Å². The number of hydrogen-bond donors (Lipinski definition) is 2. The molecule has 0 bridgehead atoms. The molecule has 0 radical (unpaired) electrons. The molecule has 6 nitrogen and oxygen atoms in total. The van der Waals surface area contributed by atoms with Crippen LogP contribution in [-0.4, -0.2) is 36.6 Å². The second kappa shape index (κ2) is 9.38. The summed E-state index contributed by atoms with van der Waals surface area (Å²) in [6.45, 7) is 7.82. The molecule has 2 rings (SSSR count). The van der Waals surface area contributed by atoms with E-state index in [4.69, 9.17) is 4.74 Å². The third-order valence-electron chi connectivity index (χ3n) is 4.05. The van der Waals surface area contributed by atoms with Crippen LogP contribution >= 0.6 is 0 Å². The third-order valence-corrected chi connectivity index (χ3v) is 4.05. The quantitative estimate of drug-likeness (QED) is 0.674. The Morgan fingerprint density at radius 3 is 2.65 bits per heavy atom. The van der Waals surface area contributed by atoms with Crippen molar-refractivity contribution < 1.29 is 14.3 Å². The van der Waals surface area contributed by atoms with Gasteiger partial charge < -0.3 is 19.9 Å². The highest BCUT2D eigenvalue weighted by atomic mass is 16.5. The van der Waals surface area contributed by atoms with Crippen LogP contribution in [0.4, 0.5) is 5.69 Å². The molecule has 0 aliphatic heterocycles. The van der Waals surface area contributed by atoms with E-state index < -0.39 is 0 Å². The van der Waals surface area contributed by atoms with Crippen LogP contribution in [0.25, 0.3) is 10.9 Å². The van der Waals surface area contributed by atoms with Crippen LogP contribution in [0.1, 0.15) is 44.1 Å². The van der Waals surface area contributed by atoms with Gasteiger partial charge in [-0.25, -0.2) is 0 Å². The standard InChI is InChI=1S/C20H29N3O3/c1-5-9-23-17-7-6-16(22-19(24)11-14(2)3)12-15(17)13-18(23)20(25)21-8-10-26-4/h6-7,12-14H,5,8-11H2,1-4H3,(H,21,25)(H,22,24). The van der Waals surface area contributed by atoms with Gasteiger partial charge in [0, 0.05) is 43.2 Å². The molecule has 0 fully saturated rings. The molecule has 2 amide bonds. The smallest absolute Gasteiger partial charge is 0.268 e. The fourth-order valence-corrected chi connectivity index (χ4v) is 2.94. The predicted octanol–water partition coefficient (Wildman–Crippen LogP) is 3.41. The van der Waals surface area contributed by atoms with Crippen molar-refractivity contribution in [1.82, 2.24) is 9.88 Å². The first-order valence-electron chi connectivity index (χ1n) is 9.16. The summed E-state index contributed by atoms with van der Waals surface area (Å²) >= 11 is 0. The van der Waals surface area contributed by atoms with Crippen molar-refractivity contribution >= 4 is 28.4 Å². The normalized spacial score (nSPS) is 11.1. The van der Waals surface area contributed by atoms with Gasteiger partial charge in [0.15, 0.2) is 0 Å². The average Bonchev–Trinajstić information content (AvgIpc) is 2.92. The Bertz CT molecular complexity index is 765. The maximum absolute atomic E-state index is 12.5. The number of methoxy groups -OCH3 is 1. The van der Waals surface area contributed by atoms with Gasteiger partial charge in [-0.1, -0.05) is 20.8 Å². The monoisotopic (exact) mass is 359 g/mol. The Hall–Kier alpha value is -2.34. The molecule has 26 heavy (non-hydrogen) atoms. The molecule has 0 spiro atoms. The van der Waals surface area contributed by atoms with Gasteiger partial charge in [-0.3, -0.25) is 9.59 Å². The zero-order valence-corrected chi connectivity index (χ0v) is 16.1. The number of rotatable bonds is 9. The Morgan fingerprint density at radius 2 is 2.00 bits per heavy atom. The van der Waals surface area contributed by atoms with Gasteiger partial charge in [-0.05, 0) is 36.6 Å². The molecule has 0 aliphatic rings. The van der Waals surface area contributed by atoms with Gasteiger partial charge in [-0.2, -0.15) is 0 Å². The summed E-state index contributed by atoms with van der Waals surface area (Å²) in [6, 6.07) is 7.65. The van der Waals surface area contributed by atoms with Crippen molar-refractivity contribution in [1.29, 1.82) is 0 Å². The number of amides is 2. The SMILES string of the molecule is CCCn1c(C(=O)NCCOC)cc2cc(NC(=O)CC(C)C)ccc21. The summed E-state index contributed by atoms with van der Waals surface area (Å²) in [7, 11) is 1.61. The number of benzene rings is 1. The van der Waals surface area contributed by atoms with Gasteiger partial charge in [-0.15, -0.1) is 0 Å². The molecular weight excluding hydrogens is 330 g/mol. The number of hydrogen-bond acceptors (Lipinski definition) is 3. The molecule has 142 valence electrons. The van der Waals surface area contributed by atoms with Gasteiger partial charge in [0.25, 0.3) is 5.91 Å². The van der Waals surface area contributed by atoms with Crippen molar-refractivity contribution in [2.24, 2.45) is 5.92 Å². The minimum atomic E-state index is -0.114. The fraction of sp³-hybridized carbons (Fsp3) is 0.500. The lowest BCUT2D eigenvalue weighted by atomic mass is 10.1. The van der Waals surface area contributed by atoms with Gasteiger partial charge in [0.2, 0.25) is 5.91 Å². The number of aromatic nitrogens is 1. The number of carbonyl (C=O) groups excluding carboxylic acids is 2. The van der Waals surface area contributed by atoms with Gasteiger partial charge >= 0.3 is 0 Å². The molecule has 0 atom stereocenters. The summed E-state index contributed by atoms with van der Waals surface area (Å²) in [4.78, 5) is 24.5. The Balaban J connectivity index is 2.27. The molecular formula is C20H29N3O3. The zero-order valence-electron chi connectivity index (χ0n) is 16.1. The van der Waals surface area contributed by atoms with Crippen LogP contribution in [0.2, 0.25) is 0 Å². The number of carbonyl (C=O) groups is 2. The Kier molecular flexibility index (Phi) is 7.21. The first-order chi connectivity index (χ1) is 12.5. The molecule has 6 heteroatoms. The summed E-state index contributed by atoms with van der Waals surface area (Å²) < 4.78 is 7.01. The lowest BCUT2D eigenvalue weighted by Crippen LogP contribution is -2.28. The molecule has 1 heterocycles. The molecule has 1 aromatic heterocycles. The van der Waals surface area contributed by atoms with Crippen LogP contribution in [0, 0.1) is 5.92 Å². The van der Waals surface area contributed by atoms with Crippen molar-refractivity contribution in [3.8, 4) is 0 Å². The van der Waals surface area contributed by atoms with E-state index in [0.717, 1.165) is 29.6 Å². The largest absolute Gasteiger partial charge is 0.383 e. The maximum atomic E-state index is 12.5. The number of ether oxygens (including phenoxy) is 1. The van der Waals surface area contributed by atoms with Crippen LogP contribution in [0.15, 0.2) is 24.3 Å². The van der Waals surface area contributed by atoms with Crippen LogP contribution in [0.3, 0.4) is 0 Å². The molecule has 1 aromatic carbocycles. The molecule has 0 unspecified atom stereocenters. The van der Waals surface area contributed by atoms with E-state index in [1.165, 1.54) is 0 Å². The Morgan fingerprint density at radius 1 is 1.23 bits per heavy atom. The molecule has 2 N–H and O–H groups in total. The van der Waals surface area contributed by atoms with Crippen molar-refractivity contribution in [3.63, 3.8) is 0 Å². The van der Waals surface area contributed by atoms with Crippen molar-refractivity contribution in [2.45, 2.75) is 40.2 Å². The van der Waals surface area contributed by atoms with E-state index in [9.17, 15) is 9.59 Å². The second-order valence-electron chi connectivity index (χ2n) is 6.85. The van der Waals surface area contributed by atoms with E-state index in [1.54, 1.807) is 7.11 Å². The average molecular weight is 359 g/mol. The lowest BCUT2D eigenvalue weighted by Gasteiger charge is -2.10. The van der Waals surface area contributed by atoms with Gasteiger partial charge in [0.05, 0.1) is 6.61 Å². The van der Waals surface area contributed by atoms with E-state index in [2.05, 4.69) is 17.6 Å². The number of nitrogens with zero attached hydrogens (tertiary/aromatic N) is 1. The number of aryl methyl sites for hydroxylation is 1. The summed E-state index contributed by atoms with van der Waals surface area (Å²) in [6.07, 6.45) is 1.41. The van der Waals surface area contributed by atoms with Crippen LogP contribution < -0.4 is 10.6 Å². The predicted molar refractivity (Wildman–Crippen MR) is 105 cm³/mol. The lowest BCUT2D eigenvalue weighted by molar-refractivity contribution is -0.116. The van der Waals surface area contributed by atoms with Crippen LogP contribution in [0.5, 0.6) is 0 Å². The highest BCUT2D eigenvalue weighted by Crippen LogP contribution is 2.24. The minimum absolute atomic E-state index is 0.00451. The summed E-state index contributed by atoms with van der Waals surface area (Å²) in [5, 5.41) is 6.75. The zero-order chi connectivity index (χ0) is 19.1. The van der Waals surface area contributed by atoms with E-state index in [1.807, 2.05) is 42.7 Å². The van der Waals surface area contributed by atoms with E-state index in [0.29, 0.717) is 31.2 Å².